The lowest BCUT2D eigenvalue weighted by Gasteiger charge is -2.28. The topological polar surface area (TPSA) is 131 Å². The number of esters is 2. The molecule has 328 valence electrons. The summed E-state index contributed by atoms with van der Waals surface area (Å²) in [5.74, 6) is -0.947. The first-order valence-electron chi connectivity index (χ1n) is 21.8. The minimum absolute atomic E-state index is 0.0549. The molecule has 0 aliphatic carbocycles. The fourth-order valence-electron chi connectivity index (χ4n) is 5.34. The first-order chi connectivity index (χ1) is 27.4. The van der Waals surface area contributed by atoms with Gasteiger partial charge in [0.1, 0.15) is 19.8 Å². The maximum absolute atomic E-state index is 12.6. The van der Waals surface area contributed by atoms with Gasteiger partial charge in [-0.05, 0) is 70.6 Å². The molecule has 1 N–H and O–H groups in total. The molecule has 0 heterocycles. The van der Waals surface area contributed by atoms with Crippen molar-refractivity contribution < 1.29 is 47.2 Å². The lowest BCUT2D eigenvalue weighted by atomic mass is 10.1. The summed E-state index contributed by atoms with van der Waals surface area (Å²) >= 11 is 0. The molecule has 0 aromatic carbocycles. The fourth-order valence-corrected chi connectivity index (χ4v) is 6.07. The number of unbranched alkanes of at least 4 members (excludes halogenated alkanes) is 12. The SMILES string of the molecule is CC/C=C\C=C\C(O)C/C=C\C/C=C\C/C=C\CCCC(=O)OC(COC(=O)CCCCCCC/C=C\CCCCCCCC)COP(=O)([O-])OCC[N+](C)(C)C. The highest BCUT2D eigenvalue weighted by Crippen LogP contribution is 2.38. The van der Waals surface area contributed by atoms with Crippen molar-refractivity contribution in [3.05, 3.63) is 72.9 Å². The number of nitrogens with zero attached hydrogens (tertiary/aromatic N) is 1. The van der Waals surface area contributed by atoms with Crippen molar-refractivity contribution in [2.45, 2.75) is 161 Å². The molecule has 57 heavy (non-hydrogen) atoms. The Balaban J connectivity index is 4.53. The van der Waals surface area contributed by atoms with Crippen LogP contribution in [0.1, 0.15) is 149 Å². The average molecular weight is 822 g/mol. The largest absolute Gasteiger partial charge is 0.756 e. The molecule has 0 aromatic heterocycles. The van der Waals surface area contributed by atoms with Crippen LogP contribution in [0.25, 0.3) is 0 Å². The minimum atomic E-state index is -4.66. The zero-order valence-electron chi connectivity index (χ0n) is 36.4. The third-order valence-electron chi connectivity index (χ3n) is 8.79. The van der Waals surface area contributed by atoms with Crippen molar-refractivity contribution in [2.24, 2.45) is 0 Å². The number of carbonyl (C=O) groups excluding carboxylic acids is 2. The van der Waals surface area contributed by atoms with E-state index >= 15 is 0 Å². The molecule has 0 aliphatic heterocycles. The van der Waals surface area contributed by atoms with E-state index in [0.717, 1.165) is 51.4 Å². The Labute approximate surface area is 347 Å². The Hall–Kier alpha value is -2.59. The number of ether oxygens (including phenoxy) is 2. The van der Waals surface area contributed by atoms with Gasteiger partial charge < -0.3 is 33.0 Å². The standard InChI is InChI=1S/C46H80NO9P/c1-6-8-10-12-13-14-15-16-17-18-19-23-26-29-33-37-45(49)53-41-44(42-55-57(51,52)54-40-39-47(3,4)5)56-46(50)38-34-30-27-24-21-20-22-25-28-32-36-43(48)35-31-11-9-7-2/h9,11,16-17,20,22,24,27-28,31-32,35,43-44,48H,6-8,10,12-15,18-19,21,23,25-26,29-30,33-34,36-42H2,1-5H3/b11-9-,17-16-,22-20-,27-24-,32-28-,35-31+. The number of hydrogen-bond acceptors (Lipinski definition) is 9. The Morgan fingerprint density at radius 3 is 1.88 bits per heavy atom. The van der Waals surface area contributed by atoms with Gasteiger partial charge in [-0.1, -0.05) is 138 Å². The highest BCUT2D eigenvalue weighted by Gasteiger charge is 2.21. The zero-order valence-corrected chi connectivity index (χ0v) is 37.3. The van der Waals surface area contributed by atoms with E-state index in [-0.39, 0.29) is 26.1 Å². The number of allylic oxidation sites excluding steroid dienone is 10. The van der Waals surface area contributed by atoms with Crippen molar-refractivity contribution in [1.82, 2.24) is 0 Å². The van der Waals surface area contributed by atoms with Crippen LogP contribution in [0.2, 0.25) is 0 Å². The van der Waals surface area contributed by atoms with Crippen LogP contribution in [0.15, 0.2) is 72.9 Å². The molecule has 3 atom stereocenters. The highest BCUT2D eigenvalue weighted by atomic mass is 31.2. The predicted molar refractivity (Wildman–Crippen MR) is 232 cm³/mol. The van der Waals surface area contributed by atoms with E-state index in [0.29, 0.717) is 36.7 Å². The molecular formula is C46H80NO9P. The number of likely N-dealkylation sites (N-methyl/N-ethyl adjacent to an activating group) is 1. The van der Waals surface area contributed by atoms with Crippen molar-refractivity contribution in [3.63, 3.8) is 0 Å². The number of phosphoric acid groups is 1. The van der Waals surface area contributed by atoms with Crippen LogP contribution < -0.4 is 4.89 Å². The summed E-state index contributed by atoms with van der Waals surface area (Å²) in [6, 6.07) is 0. The van der Waals surface area contributed by atoms with E-state index in [4.69, 9.17) is 18.5 Å². The second kappa shape index (κ2) is 37.7. The smallest absolute Gasteiger partial charge is 0.306 e. The van der Waals surface area contributed by atoms with Gasteiger partial charge in [0.15, 0.2) is 6.10 Å². The summed E-state index contributed by atoms with van der Waals surface area (Å²) in [5, 5.41) is 9.92. The average Bonchev–Trinajstić information content (AvgIpc) is 3.15. The van der Waals surface area contributed by atoms with Gasteiger partial charge in [-0.25, -0.2) is 0 Å². The zero-order chi connectivity index (χ0) is 42.3. The number of quaternary nitrogens is 1. The summed E-state index contributed by atoms with van der Waals surface area (Å²) in [4.78, 5) is 37.5. The molecule has 0 fully saturated rings. The first kappa shape index (κ1) is 54.4. The van der Waals surface area contributed by atoms with Gasteiger partial charge in [-0.3, -0.25) is 14.2 Å². The van der Waals surface area contributed by atoms with Gasteiger partial charge in [0.2, 0.25) is 0 Å². The molecule has 3 unspecified atom stereocenters. The Kier molecular flexibility index (Phi) is 36.0. The maximum Gasteiger partial charge on any atom is 0.306 e. The molecule has 0 bridgehead atoms. The molecule has 0 spiro atoms. The van der Waals surface area contributed by atoms with E-state index in [1.807, 2.05) is 63.7 Å². The first-order valence-corrected chi connectivity index (χ1v) is 23.2. The van der Waals surface area contributed by atoms with Crippen molar-refractivity contribution in [1.29, 1.82) is 0 Å². The summed E-state index contributed by atoms with van der Waals surface area (Å²) in [7, 11) is 1.08. The number of aliphatic hydroxyl groups is 1. The minimum Gasteiger partial charge on any atom is -0.756 e. The fraction of sp³-hybridized carbons (Fsp3) is 0.696. The van der Waals surface area contributed by atoms with Crippen LogP contribution in [-0.2, 0) is 32.7 Å². The molecule has 0 aliphatic rings. The third-order valence-corrected chi connectivity index (χ3v) is 9.75. The lowest BCUT2D eigenvalue weighted by Crippen LogP contribution is -2.37. The van der Waals surface area contributed by atoms with Crippen LogP contribution in [-0.4, -0.2) is 81.2 Å². The molecular weight excluding hydrogens is 741 g/mol. The summed E-state index contributed by atoms with van der Waals surface area (Å²) < 4.78 is 33.8. The van der Waals surface area contributed by atoms with Gasteiger partial charge in [-0.15, -0.1) is 0 Å². The molecule has 0 saturated carbocycles. The Morgan fingerprint density at radius 2 is 1.23 bits per heavy atom. The number of aliphatic hydroxyl groups excluding tert-OH is 1. The Bertz CT molecular complexity index is 1220. The highest BCUT2D eigenvalue weighted by molar-refractivity contribution is 7.45. The van der Waals surface area contributed by atoms with Crippen molar-refractivity contribution >= 4 is 19.8 Å². The summed E-state index contributed by atoms with van der Waals surface area (Å²) in [6.07, 6.45) is 42.6. The molecule has 0 amide bonds. The van der Waals surface area contributed by atoms with E-state index in [2.05, 4.69) is 38.2 Å². The monoisotopic (exact) mass is 822 g/mol. The number of phosphoric ester groups is 1. The van der Waals surface area contributed by atoms with Gasteiger partial charge in [0.25, 0.3) is 7.82 Å². The predicted octanol–water partition coefficient (Wildman–Crippen LogP) is 10.6. The Morgan fingerprint density at radius 1 is 0.667 bits per heavy atom. The van der Waals surface area contributed by atoms with E-state index < -0.39 is 38.6 Å². The number of rotatable bonds is 38. The lowest BCUT2D eigenvalue weighted by molar-refractivity contribution is -0.870. The quantitative estimate of drug-likeness (QED) is 0.0161. The maximum atomic E-state index is 12.6. The van der Waals surface area contributed by atoms with Crippen LogP contribution in [0.3, 0.4) is 0 Å². The van der Waals surface area contributed by atoms with Gasteiger partial charge >= 0.3 is 11.9 Å². The van der Waals surface area contributed by atoms with Crippen LogP contribution >= 0.6 is 7.82 Å². The summed E-state index contributed by atoms with van der Waals surface area (Å²) in [6.45, 7) is 3.90. The van der Waals surface area contributed by atoms with E-state index in [1.54, 1.807) is 6.08 Å². The third kappa shape index (κ3) is 41.4. The number of carbonyl (C=O) groups is 2. The van der Waals surface area contributed by atoms with Crippen LogP contribution in [0.4, 0.5) is 0 Å². The number of hydrogen-bond donors (Lipinski definition) is 1. The molecule has 0 saturated heterocycles. The molecule has 10 nitrogen and oxygen atoms in total. The van der Waals surface area contributed by atoms with Crippen molar-refractivity contribution in [2.75, 3.05) is 47.5 Å². The molecule has 0 rings (SSSR count). The molecule has 0 aromatic rings. The van der Waals surface area contributed by atoms with Crippen LogP contribution in [0.5, 0.6) is 0 Å². The normalized spacial score (nSPS) is 14.9. The van der Waals surface area contributed by atoms with E-state index in [9.17, 15) is 24.2 Å². The molecule has 0 radical (unpaired) electrons. The van der Waals surface area contributed by atoms with Gasteiger partial charge in [0.05, 0.1) is 33.9 Å². The van der Waals surface area contributed by atoms with Crippen LogP contribution in [0, 0.1) is 0 Å². The second-order valence-corrected chi connectivity index (χ2v) is 16.9. The van der Waals surface area contributed by atoms with Gasteiger partial charge in [0, 0.05) is 12.8 Å². The molecule has 11 heteroatoms. The van der Waals surface area contributed by atoms with Gasteiger partial charge in [-0.2, -0.15) is 0 Å². The second-order valence-electron chi connectivity index (χ2n) is 15.5. The summed E-state index contributed by atoms with van der Waals surface area (Å²) in [5.41, 5.74) is 0. The van der Waals surface area contributed by atoms with E-state index in [1.165, 1.54) is 44.9 Å². The van der Waals surface area contributed by atoms with Crippen molar-refractivity contribution in [3.8, 4) is 0 Å².